The molecular weight excluding hydrogens is 373 g/mol. The molecule has 0 radical (unpaired) electrons. The number of anilines is 1. The minimum Gasteiger partial charge on any atom is -0.452 e. The highest BCUT2D eigenvalue weighted by atomic mass is 35.5. The number of esters is 1. The number of benzene rings is 2. The number of nitrogens with one attached hydrogen (secondary N) is 1. The van der Waals surface area contributed by atoms with Crippen LogP contribution >= 0.6 is 23.2 Å². The van der Waals surface area contributed by atoms with Gasteiger partial charge in [-0.3, -0.25) is 4.79 Å². The number of amides is 1. The normalized spacial score (nSPS) is 10.8. The molecule has 0 aliphatic heterocycles. The summed E-state index contributed by atoms with van der Waals surface area (Å²) in [6, 6.07) is 10.8. The zero-order chi connectivity index (χ0) is 19.1. The predicted octanol–water partition coefficient (Wildman–Crippen LogP) is 5.06. The van der Waals surface area contributed by atoms with Crippen molar-refractivity contribution in [1.29, 1.82) is 0 Å². The number of hydrogen-bond donors (Lipinski definition) is 1. The second kappa shape index (κ2) is 9.41. The van der Waals surface area contributed by atoms with E-state index in [0.29, 0.717) is 15.6 Å². The first-order valence-electron chi connectivity index (χ1n) is 8.09. The van der Waals surface area contributed by atoms with Crippen molar-refractivity contribution in [3.05, 3.63) is 69.2 Å². The standard InChI is InChI=1S/C20H19Cl2NO3/c1-3-14-7-4-6-13(2)20(14)23-18(24)12-26-19(25)11-10-15-16(21)8-5-9-17(15)22/h4-11H,3,12H2,1-2H3,(H,23,24)/b11-10+. The van der Waals surface area contributed by atoms with Crippen molar-refractivity contribution in [3.8, 4) is 0 Å². The lowest BCUT2D eigenvalue weighted by Gasteiger charge is -2.12. The monoisotopic (exact) mass is 391 g/mol. The molecule has 26 heavy (non-hydrogen) atoms. The second-order valence-corrected chi connectivity index (χ2v) is 6.40. The number of hydrogen-bond acceptors (Lipinski definition) is 3. The first kappa shape index (κ1) is 20.0. The molecular formula is C20H19Cl2NO3. The van der Waals surface area contributed by atoms with E-state index in [1.165, 1.54) is 12.2 Å². The molecule has 2 aromatic carbocycles. The molecule has 0 spiro atoms. The third-order valence-electron chi connectivity index (χ3n) is 3.74. The summed E-state index contributed by atoms with van der Waals surface area (Å²) in [6.45, 7) is 3.54. The number of carbonyl (C=O) groups is 2. The average molecular weight is 392 g/mol. The predicted molar refractivity (Wildman–Crippen MR) is 106 cm³/mol. The van der Waals surface area contributed by atoms with E-state index in [1.54, 1.807) is 18.2 Å². The summed E-state index contributed by atoms with van der Waals surface area (Å²) in [5.41, 5.74) is 3.26. The average Bonchev–Trinajstić information content (AvgIpc) is 2.61. The summed E-state index contributed by atoms with van der Waals surface area (Å²) in [6.07, 6.45) is 3.44. The van der Waals surface area contributed by atoms with Crippen molar-refractivity contribution < 1.29 is 14.3 Å². The summed E-state index contributed by atoms with van der Waals surface area (Å²) in [5.74, 6) is -1.05. The van der Waals surface area contributed by atoms with Crippen LogP contribution in [0.1, 0.15) is 23.6 Å². The molecule has 0 fully saturated rings. The van der Waals surface area contributed by atoms with Crippen LogP contribution in [0.5, 0.6) is 0 Å². The lowest BCUT2D eigenvalue weighted by molar-refractivity contribution is -0.142. The molecule has 4 nitrogen and oxygen atoms in total. The number of rotatable bonds is 6. The molecule has 0 aliphatic rings. The molecule has 0 bridgehead atoms. The van der Waals surface area contributed by atoms with Crippen molar-refractivity contribution in [2.75, 3.05) is 11.9 Å². The maximum absolute atomic E-state index is 12.1. The van der Waals surface area contributed by atoms with Crippen LogP contribution in [0.4, 0.5) is 5.69 Å². The quantitative estimate of drug-likeness (QED) is 0.552. The topological polar surface area (TPSA) is 55.4 Å². The van der Waals surface area contributed by atoms with E-state index >= 15 is 0 Å². The van der Waals surface area contributed by atoms with E-state index in [2.05, 4.69) is 5.32 Å². The largest absolute Gasteiger partial charge is 0.452 e. The van der Waals surface area contributed by atoms with E-state index in [4.69, 9.17) is 27.9 Å². The molecule has 1 N–H and O–H groups in total. The Kier molecular flexibility index (Phi) is 7.25. The fraction of sp³-hybridized carbons (Fsp3) is 0.200. The summed E-state index contributed by atoms with van der Waals surface area (Å²) < 4.78 is 4.97. The van der Waals surface area contributed by atoms with E-state index in [9.17, 15) is 9.59 Å². The molecule has 0 heterocycles. The van der Waals surface area contributed by atoms with Crippen LogP contribution in [0, 0.1) is 6.92 Å². The van der Waals surface area contributed by atoms with Crippen molar-refractivity contribution in [2.45, 2.75) is 20.3 Å². The second-order valence-electron chi connectivity index (χ2n) is 5.59. The molecule has 0 atom stereocenters. The van der Waals surface area contributed by atoms with E-state index in [1.807, 2.05) is 32.0 Å². The van der Waals surface area contributed by atoms with Gasteiger partial charge in [-0.05, 0) is 42.7 Å². The molecule has 0 aromatic heterocycles. The summed E-state index contributed by atoms with van der Waals surface area (Å²) in [7, 11) is 0. The van der Waals surface area contributed by atoms with Crippen LogP contribution in [-0.4, -0.2) is 18.5 Å². The number of aryl methyl sites for hydroxylation is 2. The van der Waals surface area contributed by atoms with Crippen LogP contribution in [0.25, 0.3) is 6.08 Å². The van der Waals surface area contributed by atoms with E-state index in [0.717, 1.165) is 23.2 Å². The fourth-order valence-electron chi connectivity index (χ4n) is 2.38. The van der Waals surface area contributed by atoms with Gasteiger partial charge in [-0.1, -0.05) is 54.4 Å². The van der Waals surface area contributed by atoms with Crippen LogP contribution in [-0.2, 0) is 20.7 Å². The van der Waals surface area contributed by atoms with Crippen LogP contribution in [0.2, 0.25) is 10.0 Å². The van der Waals surface area contributed by atoms with Crippen LogP contribution < -0.4 is 5.32 Å². The zero-order valence-corrected chi connectivity index (χ0v) is 16.0. The van der Waals surface area contributed by atoms with Gasteiger partial charge in [-0.25, -0.2) is 4.79 Å². The SMILES string of the molecule is CCc1cccc(C)c1NC(=O)COC(=O)/C=C/c1c(Cl)cccc1Cl. The smallest absolute Gasteiger partial charge is 0.331 e. The van der Waals surface area contributed by atoms with Gasteiger partial charge in [0.15, 0.2) is 6.61 Å². The lowest BCUT2D eigenvalue weighted by atomic mass is 10.1. The lowest BCUT2D eigenvalue weighted by Crippen LogP contribution is -2.21. The molecule has 2 aromatic rings. The van der Waals surface area contributed by atoms with Crippen molar-refractivity contribution >= 4 is 46.8 Å². The molecule has 0 unspecified atom stereocenters. The molecule has 0 aliphatic carbocycles. The number of ether oxygens (including phenoxy) is 1. The Balaban J connectivity index is 1.93. The minimum atomic E-state index is -0.656. The summed E-state index contributed by atoms with van der Waals surface area (Å²) >= 11 is 12.0. The van der Waals surface area contributed by atoms with E-state index < -0.39 is 11.9 Å². The highest BCUT2D eigenvalue weighted by Crippen LogP contribution is 2.25. The van der Waals surface area contributed by atoms with Crippen molar-refractivity contribution in [2.24, 2.45) is 0 Å². The summed E-state index contributed by atoms with van der Waals surface area (Å²) in [5, 5.41) is 3.64. The summed E-state index contributed by atoms with van der Waals surface area (Å²) in [4.78, 5) is 23.9. The Hall–Kier alpha value is -2.30. The zero-order valence-electron chi connectivity index (χ0n) is 14.5. The maximum Gasteiger partial charge on any atom is 0.331 e. The van der Waals surface area contributed by atoms with Gasteiger partial charge < -0.3 is 10.1 Å². The first-order chi connectivity index (χ1) is 12.4. The molecule has 6 heteroatoms. The van der Waals surface area contributed by atoms with Crippen LogP contribution in [0.15, 0.2) is 42.5 Å². The Morgan fingerprint density at radius 1 is 1.12 bits per heavy atom. The van der Waals surface area contributed by atoms with Gasteiger partial charge in [0.05, 0.1) is 0 Å². The Morgan fingerprint density at radius 3 is 2.42 bits per heavy atom. The molecule has 1 amide bonds. The van der Waals surface area contributed by atoms with E-state index in [-0.39, 0.29) is 6.61 Å². The Morgan fingerprint density at radius 2 is 1.77 bits per heavy atom. The van der Waals surface area contributed by atoms with Gasteiger partial charge in [-0.2, -0.15) is 0 Å². The molecule has 0 saturated heterocycles. The fourth-order valence-corrected chi connectivity index (χ4v) is 2.91. The third-order valence-corrected chi connectivity index (χ3v) is 4.39. The van der Waals surface area contributed by atoms with Crippen molar-refractivity contribution in [3.63, 3.8) is 0 Å². The minimum absolute atomic E-state index is 0.378. The molecule has 136 valence electrons. The van der Waals surface area contributed by atoms with Gasteiger partial charge in [0.1, 0.15) is 0 Å². The molecule has 0 saturated carbocycles. The van der Waals surface area contributed by atoms with Crippen molar-refractivity contribution in [1.82, 2.24) is 0 Å². The van der Waals surface area contributed by atoms with Gasteiger partial charge in [0.2, 0.25) is 0 Å². The number of carbonyl (C=O) groups excluding carboxylic acids is 2. The van der Waals surface area contributed by atoms with Gasteiger partial charge in [-0.15, -0.1) is 0 Å². The highest BCUT2D eigenvalue weighted by molar-refractivity contribution is 6.37. The highest BCUT2D eigenvalue weighted by Gasteiger charge is 2.10. The van der Waals surface area contributed by atoms with Crippen LogP contribution in [0.3, 0.4) is 0 Å². The van der Waals surface area contributed by atoms with Gasteiger partial charge in [0, 0.05) is 27.4 Å². The van der Waals surface area contributed by atoms with Gasteiger partial charge in [0.25, 0.3) is 5.91 Å². The maximum atomic E-state index is 12.1. The third kappa shape index (κ3) is 5.35. The Bertz CT molecular complexity index is 827. The number of halogens is 2. The number of para-hydroxylation sites is 1. The van der Waals surface area contributed by atoms with Gasteiger partial charge >= 0.3 is 5.97 Å². The molecule has 2 rings (SSSR count). The first-order valence-corrected chi connectivity index (χ1v) is 8.85. The Labute approximate surface area is 162 Å².